The maximum atomic E-state index is 12.1. The molecular weight excluding hydrogens is 312 g/mol. The molecule has 1 N–H and O–H groups in total. The molecule has 2 aromatic heterocycles. The zero-order valence-electron chi connectivity index (χ0n) is 12.8. The Kier molecular flexibility index (Phi) is 4.57. The van der Waals surface area contributed by atoms with Crippen LogP contribution in [0, 0.1) is 0 Å². The van der Waals surface area contributed by atoms with Gasteiger partial charge in [0, 0.05) is 36.3 Å². The van der Waals surface area contributed by atoms with E-state index in [0.29, 0.717) is 23.6 Å². The molecule has 3 rings (SSSR count). The second-order valence-corrected chi connectivity index (χ2v) is 5.57. The van der Waals surface area contributed by atoms with Crippen molar-refractivity contribution in [3.8, 4) is 0 Å². The molecule has 0 saturated heterocycles. The molecule has 0 aliphatic carbocycles. The van der Waals surface area contributed by atoms with Crippen LogP contribution in [0.25, 0.3) is 11.2 Å². The summed E-state index contributed by atoms with van der Waals surface area (Å²) in [6, 6.07) is 10.7. The normalized spacial score (nSPS) is 10.9. The number of carbonyl (C=O) groups excluding carboxylic acids is 1. The van der Waals surface area contributed by atoms with E-state index in [9.17, 15) is 4.79 Å². The van der Waals surface area contributed by atoms with Gasteiger partial charge in [-0.25, -0.2) is 9.97 Å². The van der Waals surface area contributed by atoms with Crippen LogP contribution in [0.2, 0.25) is 5.02 Å². The Morgan fingerprint density at radius 2 is 2.17 bits per heavy atom. The van der Waals surface area contributed by atoms with Crippen molar-refractivity contribution in [3.05, 3.63) is 59.0 Å². The minimum absolute atomic E-state index is 0.134. The van der Waals surface area contributed by atoms with Gasteiger partial charge in [-0.3, -0.25) is 4.79 Å². The van der Waals surface area contributed by atoms with E-state index in [2.05, 4.69) is 26.8 Å². The first-order chi connectivity index (χ1) is 11.2. The first-order valence-corrected chi connectivity index (χ1v) is 7.90. The smallest absolute Gasteiger partial charge is 0.251 e. The Balaban J connectivity index is 1.68. The molecule has 1 aromatic carbocycles. The van der Waals surface area contributed by atoms with Crippen LogP contribution in [-0.4, -0.2) is 27.0 Å². The molecule has 2 heterocycles. The molecule has 1 amide bonds. The van der Waals surface area contributed by atoms with Crippen LogP contribution in [0.5, 0.6) is 0 Å². The molecule has 0 unspecified atom stereocenters. The lowest BCUT2D eigenvalue weighted by Gasteiger charge is -2.07. The van der Waals surface area contributed by atoms with Gasteiger partial charge in [-0.15, -0.1) is 0 Å². The van der Waals surface area contributed by atoms with E-state index < -0.39 is 0 Å². The fraction of sp³-hybridized carbons (Fsp3) is 0.235. The highest BCUT2D eigenvalue weighted by Gasteiger charge is 2.11. The molecular formula is C17H17ClN4O. The first kappa shape index (κ1) is 15.5. The predicted molar refractivity (Wildman–Crippen MR) is 90.7 cm³/mol. The van der Waals surface area contributed by atoms with Crippen molar-refractivity contribution >= 4 is 28.7 Å². The summed E-state index contributed by atoms with van der Waals surface area (Å²) in [4.78, 5) is 21.1. The summed E-state index contributed by atoms with van der Waals surface area (Å²) >= 11 is 5.90. The summed E-state index contributed by atoms with van der Waals surface area (Å²) in [6.45, 7) is 3.36. The molecule has 0 radical (unpaired) electrons. The van der Waals surface area contributed by atoms with Crippen LogP contribution in [0.3, 0.4) is 0 Å². The summed E-state index contributed by atoms with van der Waals surface area (Å²) < 4.78 is 2.07. The van der Waals surface area contributed by atoms with Crippen LogP contribution >= 0.6 is 11.6 Å². The number of carbonyl (C=O) groups is 1. The number of benzene rings is 1. The largest absolute Gasteiger partial charge is 0.352 e. The van der Waals surface area contributed by atoms with Gasteiger partial charge in [0.1, 0.15) is 11.3 Å². The fourth-order valence-electron chi connectivity index (χ4n) is 2.55. The zero-order valence-corrected chi connectivity index (χ0v) is 13.5. The molecule has 0 atom stereocenters. The molecule has 23 heavy (non-hydrogen) atoms. The molecule has 118 valence electrons. The van der Waals surface area contributed by atoms with E-state index in [-0.39, 0.29) is 5.91 Å². The number of pyridine rings is 1. The van der Waals surface area contributed by atoms with Crippen LogP contribution in [-0.2, 0) is 13.0 Å². The van der Waals surface area contributed by atoms with Crippen LogP contribution in [0.15, 0.2) is 42.6 Å². The highest BCUT2D eigenvalue weighted by Crippen LogP contribution is 2.14. The Morgan fingerprint density at radius 3 is 2.96 bits per heavy atom. The van der Waals surface area contributed by atoms with E-state index in [1.54, 1.807) is 30.5 Å². The number of imidazole rings is 1. The van der Waals surface area contributed by atoms with Gasteiger partial charge in [0.15, 0.2) is 5.65 Å². The number of hydrogen-bond donors (Lipinski definition) is 1. The van der Waals surface area contributed by atoms with Crippen molar-refractivity contribution in [2.24, 2.45) is 0 Å². The predicted octanol–water partition coefficient (Wildman–Crippen LogP) is 3.08. The first-order valence-electron chi connectivity index (χ1n) is 7.53. The minimum atomic E-state index is -0.134. The molecule has 5 nitrogen and oxygen atoms in total. The Labute approximate surface area is 139 Å². The lowest BCUT2D eigenvalue weighted by atomic mass is 10.2. The molecule has 6 heteroatoms. The topological polar surface area (TPSA) is 59.8 Å². The van der Waals surface area contributed by atoms with E-state index in [0.717, 1.165) is 23.5 Å². The third kappa shape index (κ3) is 3.35. The highest BCUT2D eigenvalue weighted by molar-refractivity contribution is 6.30. The summed E-state index contributed by atoms with van der Waals surface area (Å²) in [5, 5.41) is 3.45. The maximum absolute atomic E-state index is 12.1. The summed E-state index contributed by atoms with van der Waals surface area (Å²) in [5.74, 6) is 0.789. The molecule has 3 aromatic rings. The minimum Gasteiger partial charge on any atom is -0.352 e. The van der Waals surface area contributed by atoms with E-state index in [4.69, 9.17) is 11.6 Å². The van der Waals surface area contributed by atoms with Crippen LogP contribution in [0.1, 0.15) is 23.1 Å². The average molecular weight is 329 g/mol. The maximum Gasteiger partial charge on any atom is 0.251 e. The quantitative estimate of drug-likeness (QED) is 0.783. The highest BCUT2D eigenvalue weighted by atomic mass is 35.5. The van der Waals surface area contributed by atoms with Gasteiger partial charge in [0.25, 0.3) is 5.91 Å². The second-order valence-electron chi connectivity index (χ2n) is 5.13. The average Bonchev–Trinajstić information content (AvgIpc) is 2.92. The number of nitrogens with zero attached hydrogens (tertiary/aromatic N) is 3. The lowest BCUT2D eigenvalue weighted by Crippen LogP contribution is -2.26. The molecule has 0 spiro atoms. The molecule has 0 aliphatic rings. The monoisotopic (exact) mass is 328 g/mol. The Hall–Kier alpha value is -2.40. The van der Waals surface area contributed by atoms with Crippen LogP contribution < -0.4 is 5.32 Å². The number of aryl methyl sites for hydroxylation is 1. The van der Waals surface area contributed by atoms with E-state index in [1.165, 1.54) is 0 Å². The van der Waals surface area contributed by atoms with Gasteiger partial charge < -0.3 is 9.88 Å². The van der Waals surface area contributed by atoms with Crippen molar-refractivity contribution in [1.29, 1.82) is 0 Å². The third-order valence-corrected chi connectivity index (χ3v) is 3.86. The number of halogens is 1. The van der Waals surface area contributed by atoms with Crippen molar-refractivity contribution in [2.75, 3.05) is 6.54 Å². The summed E-state index contributed by atoms with van der Waals surface area (Å²) in [6.07, 6.45) is 2.41. The number of hydrogen-bond acceptors (Lipinski definition) is 3. The fourth-order valence-corrected chi connectivity index (χ4v) is 2.74. The van der Waals surface area contributed by atoms with Crippen molar-refractivity contribution in [2.45, 2.75) is 19.9 Å². The Morgan fingerprint density at radius 1 is 1.30 bits per heavy atom. The van der Waals surface area contributed by atoms with Gasteiger partial charge in [-0.05, 0) is 37.3 Å². The number of rotatable bonds is 5. The molecule has 0 fully saturated rings. The van der Waals surface area contributed by atoms with Crippen molar-refractivity contribution in [3.63, 3.8) is 0 Å². The van der Waals surface area contributed by atoms with Crippen molar-refractivity contribution in [1.82, 2.24) is 19.9 Å². The standard InChI is InChI=1S/C17H17ClN4O/c1-2-22-15(21-14-7-4-9-19-16(14)22)8-10-20-17(23)12-5-3-6-13(18)11-12/h3-7,9,11H,2,8,10H2,1H3,(H,20,23). The van der Waals surface area contributed by atoms with Crippen molar-refractivity contribution < 1.29 is 4.79 Å². The third-order valence-electron chi connectivity index (χ3n) is 3.62. The number of amides is 1. The summed E-state index contributed by atoms with van der Waals surface area (Å²) in [5.41, 5.74) is 2.32. The molecule has 0 aliphatic heterocycles. The van der Waals surface area contributed by atoms with Gasteiger partial charge in [-0.2, -0.15) is 0 Å². The van der Waals surface area contributed by atoms with Crippen LogP contribution in [0.4, 0.5) is 0 Å². The van der Waals surface area contributed by atoms with Gasteiger partial charge >= 0.3 is 0 Å². The Bertz CT molecular complexity index is 843. The zero-order chi connectivity index (χ0) is 16.2. The number of fused-ring (bicyclic) bond motifs is 1. The lowest BCUT2D eigenvalue weighted by molar-refractivity contribution is 0.0954. The van der Waals surface area contributed by atoms with Gasteiger partial charge in [0.05, 0.1) is 0 Å². The van der Waals surface area contributed by atoms with E-state index >= 15 is 0 Å². The van der Waals surface area contributed by atoms with E-state index in [1.807, 2.05) is 12.1 Å². The molecule has 0 saturated carbocycles. The summed E-state index contributed by atoms with van der Waals surface area (Å²) in [7, 11) is 0. The molecule has 0 bridgehead atoms. The van der Waals surface area contributed by atoms with Gasteiger partial charge in [-0.1, -0.05) is 17.7 Å². The second kappa shape index (κ2) is 6.79. The SMILES string of the molecule is CCn1c(CCNC(=O)c2cccc(Cl)c2)nc2cccnc21. The number of nitrogens with one attached hydrogen (secondary N) is 1. The van der Waals surface area contributed by atoms with Gasteiger partial charge in [0.2, 0.25) is 0 Å². The number of aromatic nitrogens is 3.